The van der Waals surface area contributed by atoms with E-state index in [1.807, 2.05) is 19.1 Å². The zero-order chi connectivity index (χ0) is 12.1. The molecular weight excluding hydrogens is 214 g/mol. The van der Waals surface area contributed by atoms with Crippen molar-refractivity contribution in [3.05, 3.63) is 23.9 Å². The molecule has 1 aromatic rings. The third-order valence-corrected chi connectivity index (χ3v) is 3.12. The lowest BCUT2D eigenvalue weighted by molar-refractivity contribution is -0.117. The highest BCUT2D eigenvalue weighted by atomic mass is 16.1. The van der Waals surface area contributed by atoms with Crippen LogP contribution in [0.15, 0.2) is 18.3 Å². The molecule has 1 aliphatic rings. The van der Waals surface area contributed by atoms with Gasteiger partial charge in [0.2, 0.25) is 5.91 Å². The van der Waals surface area contributed by atoms with Crippen LogP contribution >= 0.6 is 0 Å². The van der Waals surface area contributed by atoms with Gasteiger partial charge in [-0.3, -0.25) is 4.79 Å². The number of piperidine rings is 1. The zero-order valence-electron chi connectivity index (χ0n) is 10.2. The molecule has 1 saturated heterocycles. The summed E-state index contributed by atoms with van der Waals surface area (Å²) in [5.74, 6) is 1.25. The highest BCUT2D eigenvalue weighted by molar-refractivity contribution is 5.89. The Balaban J connectivity index is 1.84. The van der Waals surface area contributed by atoms with Crippen LogP contribution in [0.25, 0.3) is 0 Å². The molecule has 4 heteroatoms. The number of amides is 1. The minimum absolute atomic E-state index is 0.0787. The monoisotopic (exact) mass is 233 g/mol. The van der Waals surface area contributed by atoms with Crippen molar-refractivity contribution in [2.24, 2.45) is 5.92 Å². The van der Waals surface area contributed by atoms with Gasteiger partial charge in [-0.25, -0.2) is 4.98 Å². The van der Waals surface area contributed by atoms with Crippen molar-refractivity contribution in [2.45, 2.75) is 26.2 Å². The van der Waals surface area contributed by atoms with E-state index >= 15 is 0 Å². The summed E-state index contributed by atoms with van der Waals surface area (Å²) in [6, 6.07) is 3.81. The first kappa shape index (κ1) is 12.0. The van der Waals surface area contributed by atoms with E-state index in [-0.39, 0.29) is 5.91 Å². The van der Waals surface area contributed by atoms with Crippen molar-refractivity contribution in [1.82, 2.24) is 10.3 Å². The number of rotatable bonds is 3. The number of aryl methyl sites for hydroxylation is 1. The maximum Gasteiger partial charge on any atom is 0.225 e. The molecule has 2 N–H and O–H groups in total. The summed E-state index contributed by atoms with van der Waals surface area (Å²) >= 11 is 0. The third kappa shape index (κ3) is 3.82. The Bertz CT molecular complexity index is 386. The highest BCUT2D eigenvalue weighted by Crippen LogP contribution is 2.16. The van der Waals surface area contributed by atoms with Gasteiger partial charge in [-0.1, -0.05) is 0 Å². The van der Waals surface area contributed by atoms with Crippen LogP contribution in [0.2, 0.25) is 0 Å². The first-order valence-electron chi connectivity index (χ1n) is 6.17. The Hall–Kier alpha value is -1.42. The van der Waals surface area contributed by atoms with Crippen LogP contribution in [0, 0.1) is 12.8 Å². The molecule has 17 heavy (non-hydrogen) atoms. The molecule has 1 fully saturated rings. The number of carbonyl (C=O) groups excluding carboxylic acids is 1. The summed E-state index contributed by atoms with van der Waals surface area (Å²) in [6.45, 7) is 4.05. The normalized spacial score (nSPS) is 16.8. The minimum atomic E-state index is 0.0787. The van der Waals surface area contributed by atoms with Crippen LogP contribution in [0.1, 0.15) is 24.8 Å². The molecule has 4 nitrogen and oxygen atoms in total. The van der Waals surface area contributed by atoms with Crippen molar-refractivity contribution in [2.75, 3.05) is 18.4 Å². The first-order valence-corrected chi connectivity index (χ1v) is 6.17. The molecule has 2 heterocycles. The third-order valence-electron chi connectivity index (χ3n) is 3.12. The molecule has 2 rings (SSSR count). The number of nitrogens with zero attached hydrogens (tertiary/aromatic N) is 1. The summed E-state index contributed by atoms with van der Waals surface area (Å²) in [7, 11) is 0. The zero-order valence-corrected chi connectivity index (χ0v) is 10.2. The summed E-state index contributed by atoms with van der Waals surface area (Å²) in [5.41, 5.74) is 1.11. The maximum absolute atomic E-state index is 11.8. The fourth-order valence-corrected chi connectivity index (χ4v) is 2.15. The van der Waals surface area contributed by atoms with E-state index in [9.17, 15) is 4.79 Å². The van der Waals surface area contributed by atoms with Gasteiger partial charge >= 0.3 is 0 Å². The maximum atomic E-state index is 11.8. The van der Waals surface area contributed by atoms with Gasteiger partial charge in [0.05, 0.1) is 0 Å². The minimum Gasteiger partial charge on any atom is -0.317 e. The molecule has 0 aliphatic carbocycles. The Morgan fingerprint density at radius 3 is 3.00 bits per heavy atom. The highest BCUT2D eigenvalue weighted by Gasteiger charge is 2.16. The molecule has 0 bridgehead atoms. The van der Waals surface area contributed by atoms with E-state index in [2.05, 4.69) is 15.6 Å². The lowest BCUT2D eigenvalue weighted by atomic mass is 9.94. The van der Waals surface area contributed by atoms with E-state index in [0.717, 1.165) is 31.5 Å². The predicted molar refractivity (Wildman–Crippen MR) is 67.8 cm³/mol. The van der Waals surface area contributed by atoms with E-state index in [0.29, 0.717) is 18.2 Å². The van der Waals surface area contributed by atoms with Gasteiger partial charge < -0.3 is 10.6 Å². The predicted octanol–water partition coefficient (Wildman–Crippen LogP) is 1.72. The lowest BCUT2D eigenvalue weighted by Crippen LogP contribution is -2.30. The molecule has 0 atom stereocenters. The Morgan fingerprint density at radius 1 is 1.53 bits per heavy atom. The van der Waals surface area contributed by atoms with Gasteiger partial charge in [0.15, 0.2) is 0 Å². The standard InChI is InChI=1S/C13H19N3O/c1-10-2-7-15-12(8-10)16-13(17)9-11-3-5-14-6-4-11/h2,7-8,11,14H,3-6,9H2,1H3,(H,15,16,17). The number of carbonyl (C=O) groups is 1. The molecule has 0 spiro atoms. The van der Waals surface area contributed by atoms with Crippen LogP contribution in [0.4, 0.5) is 5.82 Å². The van der Waals surface area contributed by atoms with Gasteiger partial charge in [0.1, 0.15) is 5.82 Å². The van der Waals surface area contributed by atoms with Gasteiger partial charge in [0, 0.05) is 12.6 Å². The molecule has 1 aliphatic heterocycles. The average Bonchev–Trinajstić information content (AvgIpc) is 2.30. The van der Waals surface area contributed by atoms with Gasteiger partial charge in [-0.2, -0.15) is 0 Å². The molecule has 0 unspecified atom stereocenters. The summed E-state index contributed by atoms with van der Waals surface area (Å²) in [5, 5.41) is 6.16. The van der Waals surface area contributed by atoms with Gasteiger partial charge in [-0.15, -0.1) is 0 Å². The molecule has 1 aromatic heterocycles. The Labute approximate surface area is 102 Å². The van der Waals surface area contributed by atoms with E-state index < -0.39 is 0 Å². The van der Waals surface area contributed by atoms with Crippen LogP contribution in [-0.2, 0) is 4.79 Å². The van der Waals surface area contributed by atoms with E-state index in [1.165, 1.54) is 0 Å². The van der Waals surface area contributed by atoms with Crippen molar-refractivity contribution in [3.8, 4) is 0 Å². The number of aromatic nitrogens is 1. The first-order chi connectivity index (χ1) is 8.24. The van der Waals surface area contributed by atoms with Crippen molar-refractivity contribution in [1.29, 1.82) is 0 Å². The Morgan fingerprint density at radius 2 is 2.29 bits per heavy atom. The quantitative estimate of drug-likeness (QED) is 0.835. The van der Waals surface area contributed by atoms with E-state index in [4.69, 9.17) is 0 Å². The van der Waals surface area contributed by atoms with Gasteiger partial charge in [0.25, 0.3) is 0 Å². The number of nitrogens with one attached hydrogen (secondary N) is 2. The fraction of sp³-hybridized carbons (Fsp3) is 0.538. The van der Waals surface area contributed by atoms with Crippen LogP contribution in [0.3, 0.4) is 0 Å². The topological polar surface area (TPSA) is 54.0 Å². The number of hydrogen-bond acceptors (Lipinski definition) is 3. The summed E-state index contributed by atoms with van der Waals surface area (Å²) < 4.78 is 0. The second kappa shape index (κ2) is 5.77. The molecule has 0 saturated carbocycles. The average molecular weight is 233 g/mol. The van der Waals surface area contributed by atoms with Crippen LogP contribution < -0.4 is 10.6 Å². The number of pyridine rings is 1. The Kier molecular flexibility index (Phi) is 4.09. The van der Waals surface area contributed by atoms with Crippen LogP contribution in [0.5, 0.6) is 0 Å². The second-order valence-corrected chi connectivity index (χ2v) is 4.66. The molecule has 0 radical (unpaired) electrons. The van der Waals surface area contributed by atoms with Crippen molar-refractivity contribution >= 4 is 11.7 Å². The summed E-state index contributed by atoms with van der Waals surface area (Å²) in [4.78, 5) is 15.9. The van der Waals surface area contributed by atoms with Crippen molar-refractivity contribution < 1.29 is 4.79 Å². The number of anilines is 1. The molecule has 92 valence electrons. The smallest absolute Gasteiger partial charge is 0.225 e. The molecule has 0 aromatic carbocycles. The largest absolute Gasteiger partial charge is 0.317 e. The second-order valence-electron chi connectivity index (χ2n) is 4.66. The summed E-state index contributed by atoms with van der Waals surface area (Å²) in [6.07, 6.45) is 4.51. The molecular formula is C13H19N3O. The number of hydrogen-bond donors (Lipinski definition) is 2. The van der Waals surface area contributed by atoms with Gasteiger partial charge in [-0.05, 0) is 56.5 Å². The molecule has 1 amide bonds. The van der Waals surface area contributed by atoms with Crippen molar-refractivity contribution in [3.63, 3.8) is 0 Å². The lowest BCUT2D eigenvalue weighted by Gasteiger charge is -2.21. The van der Waals surface area contributed by atoms with Crippen LogP contribution in [-0.4, -0.2) is 24.0 Å². The fourth-order valence-electron chi connectivity index (χ4n) is 2.15. The SMILES string of the molecule is Cc1ccnc(NC(=O)CC2CCNCC2)c1. The van der Waals surface area contributed by atoms with E-state index in [1.54, 1.807) is 6.20 Å².